The molecule has 0 radical (unpaired) electrons. The van der Waals surface area contributed by atoms with E-state index in [-0.39, 0.29) is 6.10 Å². The van der Waals surface area contributed by atoms with Crippen molar-refractivity contribution in [3.63, 3.8) is 0 Å². The minimum absolute atomic E-state index is 0.383. The molecule has 0 amide bonds. The van der Waals surface area contributed by atoms with Gasteiger partial charge in [0.05, 0.1) is 27.2 Å². The van der Waals surface area contributed by atoms with Crippen LogP contribution in [0.1, 0.15) is 24.2 Å². The smallest absolute Gasteiger partial charge is 0.146 e. The van der Waals surface area contributed by atoms with Crippen molar-refractivity contribution in [2.24, 2.45) is 0 Å². The molecule has 10 heteroatoms. The van der Waals surface area contributed by atoms with Crippen molar-refractivity contribution in [1.29, 1.82) is 5.26 Å². The number of nitrogens with one attached hydrogen (secondary N) is 1. The normalized spacial score (nSPS) is 14.7. The van der Waals surface area contributed by atoms with Gasteiger partial charge in [-0.2, -0.15) is 10.4 Å². The van der Waals surface area contributed by atoms with Gasteiger partial charge in [0.1, 0.15) is 29.4 Å². The van der Waals surface area contributed by atoms with E-state index in [1.165, 1.54) is 12.4 Å². The third kappa shape index (κ3) is 3.95. The Morgan fingerprint density at radius 2 is 1.97 bits per heavy atom. The van der Waals surface area contributed by atoms with Gasteiger partial charge in [0.15, 0.2) is 0 Å². The largest absolute Gasteiger partial charge is 0.486 e. The summed E-state index contributed by atoms with van der Waals surface area (Å²) in [6.45, 7) is 2.80. The van der Waals surface area contributed by atoms with Gasteiger partial charge in [-0.3, -0.25) is 10.1 Å². The van der Waals surface area contributed by atoms with Gasteiger partial charge in [0.2, 0.25) is 0 Å². The lowest BCUT2D eigenvalue weighted by atomic mass is 10.1. The number of rotatable bonds is 5. The van der Waals surface area contributed by atoms with E-state index < -0.39 is 6.10 Å². The SMILES string of the molecule is C[C@@H](Oc1ccc2[nH]nc(-c3cnc(N4CC(O)C4)c(C#N)c3)c2c1)c1c(Cl)cncc1Cl. The Labute approximate surface area is 199 Å². The van der Waals surface area contributed by atoms with Gasteiger partial charge in [0.25, 0.3) is 0 Å². The minimum atomic E-state index is -0.404. The summed E-state index contributed by atoms with van der Waals surface area (Å²) in [7, 11) is 0. The summed E-state index contributed by atoms with van der Waals surface area (Å²) in [5.74, 6) is 1.18. The van der Waals surface area contributed by atoms with Crippen LogP contribution in [0.15, 0.2) is 42.9 Å². The van der Waals surface area contributed by atoms with Crippen molar-refractivity contribution < 1.29 is 9.84 Å². The molecule has 4 aromatic rings. The number of aromatic amines is 1. The molecule has 33 heavy (non-hydrogen) atoms. The number of halogens is 2. The van der Waals surface area contributed by atoms with Crippen molar-refractivity contribution in [3.05, 3.63) is 64.0 Å². The molecule has 1 saturated heterocycles. The fourth-order valence-corrected chi connectivity index (χ4v) is 4.58. The number of hydrogen-bond acceptors (Lipinski definition) is 7. The summed E-state index contributed by atoms with van der Waals surface area (Å²) in [6, 6.07) is 9.54. The molecule has 166 valence electrons. The molecule has 1 aliphatic heterocycles. The highest BCUT2D eigenvalue weighted by Gasteiger charge is 2.28. The molecule has 1 atom stereocenters. The highest BCUT2D eigenvalue weighted by atomic mass is 35.5. The molecule has 0 spiro atoms. The maximum absolute atomic E-state index is 9.63. The third-order valence-electron chi connectivity index (χ3n) is 5.57. The number of fused-ring (bicyclic) bond motifs is 1. The van der Waals surface area contributed by atoms with Crippen molar-refractivity contribution in [3.8, 4) is 23.1 Å². The van der Waals surface area contributed by atoms with E-state index in [1.807, 2.05) is 30.0 Å². The first-order chi connectivity index (χ1) is 15.9. The van der Waals surface area contributed by atoms with Gasteiger partial charge in [-0.15, -0.1) is 0 Å². The van der Waals surface area contributed by atoms with E-state index in [0.29, 0.717) is 57.1 Å². The van der Waals surface area contributed by atoms with Crippen LogP contribution in [0.2, 0.25) is 10.0 Å². The second kappa shape index (κ2) is 8.52. The maximum Gasteiger partial charge on any atom is 0.146 e. The molecular weight excluding hydrogens is 463 g/mol. The predicted octanol–water partition coefficient (Wildman–Crippen LogP) is 4.52. The van der Waals surface area contributed by atoms with Crippen LogP contribution in [0.5, 0.6) is 5.75 Å². The third-order valence-corrected chi connectivity index (χ3v) is 6.17. The predicted molar refractivity (Wildman–Crippen MR) is 126 cm³/mol. The van der Waals surface area contributed by atoms with E-state index in [1.54, 1.807) is 12.3 Å². The number of aliphatic hydroxyl groups is 1. The highest BCUT2D eigenvalue weighted by molar-refractivity contribution is 6.35. The van der Waals surface area contributed by atoms with Crippen LogP contribution in [0.4, 0.5) is 5.82 Å². The molecule has 0 bridgehead atoms. The highest BCUT2D eigenvalue weighted by Crippen LogP contribution is 2.35. The Morgan fingerprint density at radius 3 is 2.67 bits per heavy atom. The number of ether oxygens (including phenoxy) is 1. The van der Waals surface area contributed by atoms with Crippen LogP contribution in [0, 0.1) is 11.3 Å². The lowest BCUT2D eigenvalue weighted by Crippen LogP contribution is -2.51. The number of nitriles is 1. The summed E-state index contributed by atoms with van der Waals surface area (Å²) < 4.78 is 6.12. The van der Waals surface area contributed by atoms with Gasteiger partial charge >= 0.3 is 0 Å². The first-order valence-corrected chi connectivity index (χ1v) is 11.0. The maximum atomic E-state index is 9.63. The van der Waals surface area contributed by atoms with Crippen LogP contribution in [-0.2, 0) is 0 Å². The zero-order valence-electron chi connectivity index (χ0n) is 17.5. The summed E-state index contributed by atoms with van der Waals surface area (Å²) in [4.78, 5) is 10.3. The molecule has 1 fully saturated rings. The van der Waals surface area contributed by atoms with E-state index >= 15 is 0 Å². The van der Waals surface area contributed by atoms with Gasteiger partial charge in [-0.1, -0.05) is 23.2 Å². The number of anilines is 1. The zero-order valence-corrected chi connectivity index (χ0v) is 19.0. The van der Waals surface area contributed by atoms with Crippen molar-refractivity contribution >= 4 is 39.9 Å². The number of aromatic nitrogens is 4. The summed E-state index contributed by atoms with van der Waals surface area (Å²) >= 11 is 12.5. The lowest BCUT2D eigenvalue weighted by molar-refractivity contribution is 0.141. The summed E-state index contributed by atoms with van der Waals surface area (Å²) in [6.07, 6.45) is 3.96. The second-order valence-electron chi connectivity index (χ2n) is 7.82. The standard InChI is InChI=1S/C23H18Cl2N6O2/c1-12(21-18(24)8-27-9-19(21)25)33-16-2-3-20-17(5-16)22(30-29-20)14-4-13(6-26)23(28-7-14)31-10-15(32)11-31/h2-5,7-9,12,15,32H,10-11H2,1H3,(H,29,30)/t12-/m1/s1. The summed E-state index contributed by atoms with van der Waals surface area (Å²) in [5.41, 5.74) is 3.27. The Kier molecular flexibility index (Phi) is 5.54. The first kappa shape index (κ1) is 21.5. The minimum Gasteiger partial charge on any atom is -0.486 e. The van der Waals surface area contributed by atoms with Crippen molar-refractivity contribution in [1.82, 2.24) is 20.2 Å². The Balaban J connectivity index is 1.47. The van der Waals surface area contributed by atoms with Gasteiger partial charge < -0.3 is 14.7 Å². The number of H-pyrrole nitrogens is 1. The van der Waals surface area contributed by atoms with Crippen LogP contribution in [0.25, 0.3) is 22.2 Å². The molecule has 8 nitrogen and oxygen atoms in total. The molecule has 1 aromatic carbocycles. The van der Waals surface area contributed by atoms with Crippen LogP contribution >= 0.6 is 23.2 Å². The van der Waals surface area contributed by atoms with Gasteiger partial charge in [0, 0.05) is 48.2 Å². The number of nitrogens with zero attached hydrogens (tertiary/aromatic N) is 5. The number of benzene rings is 1. The number of β-amino-alcohol motifs (C(OH)–C–C–N with tert-alkyl or cyclic N) is 1. The van der Waals surface area contributed by atoms with E-state index in [4.69, 9.17) is 27.9 Å². The van der Waals surface area contributed by atoms with Crippen LogP contribution < -0.4 is 9.64 Å². The Hall–Kier alpha value is -3.38. The van der Waals surface area contributed by atoms with E-state index in [9.17, 15) is 10.4 Å². The average Bonchev–Trinajstić information content (AvgIpc) is 3.20. The number of pyridine rings is 2. The molecule has 1 aliphatic rings. The number of hydrogen-bond donors (Lipinski definition) is 2. The fourth-order valence-electron chi connectivity index (χ4n) is 3.91. The van der Waals surface area contributed by atoms with Crippen LogP contribution in [0.3, 0.4) is 0 Å². The topological polar surface area (TPSA) is 111 Å². The van der Waals surface area contributed by atoms with E-state index in [2.05, 4.69) is 26.2 Å². The number of aliphatic hydroxyl groups excluding tert-OH is 1. The Bertz CT molecular complexity index is 1370. The molecule has 0 aliphatic carbocycles. The average molecular weight is 481 g/mol. The monoisotopic (exact) mass is 480 g/mol. The molecule has 0 unspecified atom stereocenters. The van der Waals surface area contributed by atoms with Crippen LogP contribution in [-0.4, -0.2) is 44.5 Å². The molecule has 4 heterocycles. The van der Waals surface area contributed by atoms with Gasteiger partial charge in [-0.05, 0) is 31.2 Å². The van der Waals surface area contributed by atoms with Gasteiger partial charge in [-0.25, -0.2) is 4.98 Å². The second-order valence-corrected chi connectivity index (χ2v) is 8.64. The molecule has 0 saturated carbocycles. The molecular formula is C23H18Cl2N6O2. The van der Waals surface area contributed by atoms with Crippen molar-refractivity contribution in [2.45, 2.75) is 19.1 Å². The fraction of sp³-hybridized carbons (Fsp3) is 0.217. The molecule has 3 aromatic heterocycles. The first-order valence-electron chi connectivity index (χ1n) is 10.2. The molecule has 2 N–H and O–H groups in total. The quantitative estimate of drug-likeness (QED) is 0.431. The lowest BCUT2D eigenvalue weighted by Gasteiger charge is -2.37. The zero-order chi connectivity index (χ0) is 23.1. The Morgan fingerprint density at radius 1 is 1.21 bits per heavy atom. The molecule has 5 rings (SSSR count). The van der Waals surface area contributed by atoms with Crippen molar-refractivity contribution in [2.75, 3.05) is 18.0 Å². The van der Waals surface area contributed by atoms with E-state index in [0.717, 1.165) is 10.9 Å². The summed E-state index contributed by atoms with van der Waals surface area (Å²) in [5, 5.41) is 28.3.